The Hall–Kier alpha value is -2.33. The summed E-state index contributed by atoms with van der Waals surface area (Å²) in [5.74, 6) is 0.371. The number of thioether (sulfide) groups is 1. The van der Waals surface area contributed by atoms with Crippen LogP contribution in [-0.2, 0) is 15.7 Å². The Morgan fingerprint density at radius 1 is 1.22 bits per heavy atom. The molecule has 1 fully saturated rings. The molecule has 144 valence electrons. The van der Waals surface area contributed by atoms with Gasteiger partial charge in [-0.3, -0.25) is 4.79 Å². The Bertz CT molecular complexity index is 798. The normalized spacial score (nSPS) is 14.9. The lowest BCUT2D eigenvalue weighted by atomic mass is 10.2. The lowest BCUT2D eigenvalue weighted by molar-refractivity contribution is -0.137. The number of ether oxygens (including phenoxy) is 1. The molecule has 0 radical (unpaired) electrons. The van der Waals surface area contributed by atoms with Gasteiger partial charge in [0, 0.05) is 24.8 Å². The molecule has 0 spiro atoms. The van der Waals surface area contributed by atoms with Crippen LogP contribution in [0.25, 0.3) is 0 Å². The predicted molar refractivity (Wildman–Crippen MR) is 95.9 cm³/mol. The molecular formula is C17H17F3N4O2S. The van der Waals surface area contributed by atoms with Crippen LogP contribution in [0.3, 0.4) is 0 Å². The van der Waals surface area contributed by atoms with Crippen molar-refractivity contribution in [2.45, 2.75) is 11.2 Å². The zero-order chi connectivity index (χ0) is 19.3. The maximum absolute atomic E-state index is 12.7. The molecule has 0 unspecified atom stereocenters. The number of carbonyl (C=O) groups excluding carboxylic acids is 1. The van der Waals surface area contributed by atoms with E-state index in [0.29, 0.717) is 18.2 Å². The highest BCUT2D eigenvalue weighted by Gasteiger charge is 2.30. The number of anilines is 2. The van der Waals surface area contributed by atoms with Crippen LogP contribution >= 0.6 is 11.8 Å². The molecule has 1 N–H and O–H groups in total. The van der Waals surface area contributed by atoms with Crippen LogP contribution in [0.1, 0.15) is 5.56 Å². The van der Waals surface area contributed by atoms with Gasteiger partial charge in [-0.25, -0.2) is 9.97 Å². The molecule has 1 saturated heterocycles. The van der Waals surface area contributed by atoms with E-state index >= 15 is 0 Å². The Morgan fingerprint density at radius 3 is 2.74 bits per heavy atom. The third kappa shape index (κ3) is 5.57. The van der Waals surface area contributed by atoms with Crippen molar-refractivity contribution in [1.82, 2.24) is 9.97 Å². The lowest BCUT2D eigenvalue weighted by Gasteiger charge is -2.27. The highest BCUT2D eigenvalue weighted by Crippen LogP contribution is 2.30. The molecular weight excluding hydrogens is 381 g/mol. The number of aromatic nitrogens is 2. The van der Waals surface area contributed by atoms with Crippen LogP contribution in [0.5, 0.6) is 0 Å². The second-order valence-electron chi connectivity index (χ2n) is 5.73. The number of nitrogens with one attached hydrogen (secondary N) is 1. The van der Waals surface area contributed by atoms with Crippen LogP contribution in [0.2, 0.25) is 0 Å². The number of nitrogens with zero attached hydrogens (tertiary/aromatic N) is 3. The Morgan fingerprint density at radius 2 is 2.00 bits per heavy atom. The van der Waals surface area contributed by atoms with Crippen molar-refractivity contribution in [2.24, 2.45) is 0 Å². The molecule has 1 aromatic carbocycles. The molecule has 1 aliphatic heterocycles. The Kier molecular flexibility index (Phi) is 6.17. The molecule has 6 nitrogen and oxygen atoms in total. The second kappa shape index (κ2) is 8.57. The van der Waals surface area contributed by atoms with E-state index in [0.717, 1.165) is 31.0 Å². The van der Waals surface area contributed by atoms with Crippen molar-refractivity contribution in [3.63, 3.8) is 0 Å². The molecule has 2 heterocycles. The molecule has 27 heavy (non-hydrogen) atoms. The minimum Gasteiger partial charge on any atom is -0.378 e. The quantitative estimate of drug-likeness (QED) is 0.617. The molecule has 1 aromatic heterocycles. The van der Waals surface area contributed by atoms with Crippen molar-refractivity contribution >= 4 is 29.2 Å². The van der Waals surface area contributed by atoms with Crippen LogP contribution in [-0.4, -0.2) is 47.9 Å². The van der Waals surface area contributed by atoms with Gasteiger partial charge in [0.2, 0.25) is 5.91 Å². The van der Waals surface area contributed by atoms with Gasteiger partial charge in [0.1, 0.15) is 17.2 Å². The van der Waals surface area contributed by atoms with Gasteiger partial charge in [-0.1, -0.05) is 17.8 Å². The summed E-state index contributed by atoms with van der Waals surface area (Å²) in [6.07, 6.45) is -3.02. The van der Waals surface area contributed by atoms with E-state index in [1.807, 2.05) is 0 Å². The summed E-state index contributed by atoms with van der Waals surface area (Å²) in [6.45, 7) is 2.73. The molecule has 1 aliphatic rings. The maximum Gasteiger partial charge on any atom is 0.416 e. The third-order valence-electron chi connectivity index (χ3n) is 3.79. The van der Waals surface area contributed by atoms with Gasteiger partial charge in [-0.05, 0) is 18.2 Å². The Balaban J connectivity index is 1.56. The number of alkyl halides is 3. The van der Waals surface area contributed by atoms with Gasteiger partial charge >= 0.3 is 6.18 Å². The number of halogens is 3. The summed E-state index contributed by atoms with van der Waals surface area (Å²) in [5, 5.41) is 3.09. The number of carbonyl (C=O) groups is 1. The van der Waals surface area contributed by atoms with Gasteiger partial charge < -0.3 is 15.0 Å². The van der Waals surface area contributed by atoms with Crippen molar-refractivity contribution in [3.05, 3.63) is 42.2 Å². The molecule has 1 amide bonds. The average molecular weight is 398 g/mol. The summed E-state index contributed by atoms with van der Waals surface area (Å²) in [4.78, 5) is 22.5. The topological polar surface area (TPSA) is 67.4 Å². The van der Waals surface area contributed by atoms with Gasteiger partial charge in [-0.2, -0.15) is 13.2 Å². The van der Waals surface area contributed by atoms with E-state index in [1.54, 1.807) is 6.07 Å². The first kappa shape index (κ1) is 19.4. The van der Waals surface area contributed by atoms with E-state index in [9.17, 15) is 18.0 Å². The number of benzene rings is 1. The third-order valence-corrected chi connectivity index (χ3v) is 4.71. The summed E-state index contributed by atoms with van der Waals surface area (Å²) < 4.78 is 43.5. The van der Waals surface area contributed by atoms with E-state index in [-0.39, 0.29) is 11.4 Å². The van der Waals surface area contributed by atoms with E-state index < -0.39 is 17.6 Å². The lowest BCUT2D eigenvalue weighted by Crippen LogP contribution is -2.36. The summed E-state index contributed by atoms with van der Waals surface area (Å²) in [6, 6.07) is 6.32. The van der Waals surface area contributed by atoms with Gasteiger partial charge in [0.05, 0.1) is 24.5 Å². The summed E-state index contributed by atoms with van der Waals surface area (Å²) in [5.41, 5.74) is -0.703. The fraction of sp³-hybridized carbons (Fsp3) is 0.353. The summed E-state index contributed by atoms with van der Waals surface area (Å²) >= 11 is 1.19. The second-order valence-corrected chi connectivity index (χ2v) is 6.72. The van der Waals surface area contributed by atoms with Crippen LogP contribution < -0.4 is 10.2 Å². The minimum atomic E-state index is -4.45. The fourth-order valence-electron chi connectivity index (χ4n) is 2.48. The number of morpholine rings is 1. The number of hydrogen-bond donors (Lipinski definition) is 1. The minimum absolute atomic E-state index is 0.0236. The largest absolute Gasteiger partial charge is 0.416 e. The molecule has 0 atom stereocenters. The average Bonchev–Trinajstić information content (AvgIpc) is 2.67. The van der Waals surface area contributed by atoms with Crippen molar-refractivity contribution in [1.29, 1.82) is 0 Å². The molecule has 2 aromatic rings. The first-order chi connectivity index (χ1) is 12.9. The van der Waals surface area contributed by atoms with Gasteiger partial charge in [0.15, 0.2) is 0 Å². The molecule has 0 saturated carbocycles. The van der Waals surface area contributed by atoms with Crippen molar-refractivity contribution < 1.29 is 22.7 Å². The van der Waals surface area contributed by atoms with Crippen LogP contribution in [0, 0.1) is 0 Å². The monoisotopic (exact) mass is 398 g/mol. The van der Waals surface area contributed by atoms with Crippen molar-refractivity contribution in [2.75, 3.05) is 42.3 Å². The standard InChI is InChI=1S/C17H17F3N4O2S/c18-17(19,20)12-2-1-3-13(8-12)23-15(25)10-27-16-9-14(21-11-22-16)24-4-6-26-7-5-24/h1-3,8-9,11H,4-7,10H2,(H,23,25). The first-order valence-electron chi connectivity index (χ1n) is 8.16. The van der Waals surface area contributed by atoms with Gasteiger partial charge in [-0.15, -0.1) is 0 Å². The highest BCUT2D eigenvalue weighted by atomic mass is 32.2. The number of amides is 1. The SMILES string of the molecule is O=C(CSc1cc(N2CCOCC2)ncn1)Nc1cccc(C(F)(F)F)c1. The highest BCUT2D eigenvalue weighted by molar-refractivity contribution is 7.99. The van der Waals surface area contributed by atoms with Crippen LogP contribution in [0.15, 0.2) is 41.7 Å². The molecule has 10 heteroatoms. The van der Waals surface area contributed by atoms with Crippen molar-refractivity contribution in [3.8, 4) is 0 Å². The smallest absolute Gasteiger partial charge is 0.378 e. The zero-order valence-corrected chi connectivity index (χ0v) is 15.0. The zero-order valence-electron chi connectivity index (χ0n) is 14.2. The van der Waals surface area contributed by atoms with E-state index in [1.165, 1.54) is 30.2 Å². The van der Waals surface area contributed by atoms with E-state index in [2.05, 4.69) is 20.2 Å². The number of hydrogen-bond acceptors (Lipinski definition) is 6. The molecule has 3 rings (SSSR count). The maximum atomic E-state index is 12.7. The summed E-state index contributed by atoms with van der Waals surface area (Å²) in [7, 11) is 0. The Labute approximate surface area is 158 Å². The van der Waals surface area contributed by atoms with Crippen LogP contribution in [0.4, 0.5) is 24.7 Å². The first-order valence-corrected chi connectivity index (χ1v) is 9.15. The van der Waals surface area contributed by atoms with Gasteiger partial charge in [0.25, 0.3) is 0 Å². The number of rotatable bonds is 5. The predicted octanol–water partition coefficient (Wildman–Crippen LogP) is 3.06. The molecule has 0 aliphatic carbocycles. The fourth-order valence-corrected chi connectivity index (χ4v) is 3.15. The molecule has 0 bridgehead atoms. The van der Waals surface area contributed by atoms with E-state index in [4.69, 9.17) is 4.74 Å².